The van der Waals surface area contributed by atoms with Crippen LogP contribution in [0.3, 0.4) is 0 Å². The van der Waals surface area contributed by atoms with E-state index in [9.17, 15) is 9.18 Å². The molecule has 0 aliphatic carbocycles. The molecule has 104 valence electrons. The summed E-state index contributed by atoms with van der Waals surface area (Å²) in [6.07, 6.45) is 1.10. The van der Waals surface area contributed by atoms with Gasteiger partial charge in [0.1, 0.15) is 5.82 Å². The molecule has 2 heterocycles. The number of rotatable bonds is 4. The first-order valence-corrected chi connectivity index (χ1v) is 7.43. The highest BCUT2D eigenvalue weighted by atomic mass is 32.1. The first-order chi connectivity index (χ1) is 9.72. The Morgan fingerprint density at radius 1 is 1.35 bits per heavy atom. The number of hydrogen-bond acceptors (Lipinski definition) is 3. The lowest BCUT2D eigenvalue weighted by Crippen LogP contribution is -2.44. The van der Waals surface area contributed by atoms with Gasteiger partial charge in [-0.25, -0.2) is 4.39 Å². The van der Waals surface area contributed by atoms with Crippen LogP contribution in [0.25, 0.3) is 0 Å². The summed E-state index contributed by atoms with van der Waals surface area (Å²) < 4.78 is 12.8. The number of anilines is 1. The van der Waals surface area contributed by atoms with Crippen LogP contribution in [0.2, 0.25) is 0 Å². The minimum Gasteiger partial charge on any atom is -0.325 e. The van der Waals surface area contributed by atoms with Gasteiger partial charge in [-0.3, -0.25) is 9.69 Å². The second-order valence-corrected chi connectivity index (χ2v) is 5.82. The molecule has 1 amide bonds. The number of amides is 1. The first-order valence-electron chi connectivity index (χ1n) is 6.55. The lowest BCUT2D eigenvalue weighted by atomic mass is 10.0. The predicted octanol–water partition coefficient (Wildman–Crippen LogP) is 3.27. The van der Waals surface area contributed by atoms with Crippen molar-refractivity contribution < 1.29 is 9.18 Å². The molecule has 2 aromatic rings. The number of halogens is 1. The van der Waals surface area contributed by atoms with Gasteiger partial charge in [0.05, 0.1) is 6.54 Å². The van der Waals surface area contributed by atoms with Crippen molar-refractivity contribution in [1.82, 2.24) is 4.90 Å². The minimum atomic E-state index is -0.302. The molecule has 20 heavy (non-hydrogen) atoms. The Kier molecular flexibility index (Phi) is 3.80. The molecule has 1 saturated heterocycles. The van der Waals surface area contributed by atoms with Crippen molar-refractivity contribution >= 4 is 22.9 Å². The zero-order valence-electron chi connectivity index (χ0n) is 10.9. The number of hydrogen-bond donors (Lipinski definition) is 1. The molecule has 3 nitrogen and oxygen atoms in total. The lowest BCUT2D eigenvalue weighted by molar-refractivity contribution is -0.119. The topological polar surface area (TPSA) is 32.3 Å². The monoisotopic (exact) mass is 290 g/mol. The van der Waals surface area contributed by atoms with Gasteiger partial charge in [-0.05, 0) is 42.1 Å². The molecular formula is C15H15FN2OS. The molecule has 1 fully saturated rings. The Hall–Kier alpha value is -1.72. The maximum absolute atomic E-state index is 12.8. The molecule has 1 aromatic carbocycles. The highest BCUT2D eigenvalue weighted by Crippen LogP contribution is 2.35. The number of nitrogens with one attached hydrogen (secondary N) is 1. The predicted molar refractivity (Wildman–Crippen MR) is 78.3 cm³/mol. The van der Waals surface area contributed by atoms with E-state index in [0.29, 0.717) is 18.3 Å². The summed E-state index contributed by atoms with van der Waals surface area (Å²) in [4.78, 5) is 15.4. The standard InChI is InChI=1S/C15H15FN2OS/c16-11-3-5-12(6-4-11)17-15(19)10-18-8-7-13(18)14-2-1-9-20-14/h1-6,9,13H,7-8,10H2,(H,17,19). The summed E-state index contributed by atoms with van der Waals surface area (Å²) in [5.74, 6) is -0.360. The molecule has 1 aliphatic rings. The SMILES string of the molecule is O=C(CN1CCC1c1cccs1)Nc1ccc(F)cc1. The lowest BCUT2D eigenvalue weighted by Gasteiger charge is -2.39. The fourth-order valence-electron chi connectivity index (χ4n) is 2.35. The average Bonchev–Trinajstić information content (AvgIpc) is 2.91. The third kappa shape index (κ3) is 2.89. The molecule has 1 unspecified atom stereocenters. The van der Waals surface area contributed by atoms with E-state index in [4.69, 9.17) is 0 Å². The van der Waals surface area contributed by atoms with Crippen LogP contribution in [0, 0.1) is 5.82 Å². The fourth-order valence-corrected chi connectivity index (χ4v) is 3.25. The van der Waals surface area contributed by atoms with Crippen LogP contribution in [-0.4, -0.2) is 23.9 Å². The summed E-state index contributed by atoms with van der Waals surface area (Å²) in [6.45, 7) is 1.32. The second kappa shape index (κ2) is 5.73. The van der Waals surface area contributed by atoms with Crippen LogP contribution >= 0.6 is 11.3 Å². The largest absolute Gasteiger partial charge is 0.325 e. The van der Waals surface area contributed by atoms with Crippen LogP contribution < -0.4 is 5.32 Å². The Bertz CT molecular complexity index is 582. The number of carbonyl (C=O) groups is 1. The highest BCUT2D eigenvalue weighted by Gasteiger charge is 2.31. The zero-order valence-corrected chi connectivity index (χ0v) is 11.7. The van der Waals surface area contributed by atoms with Crippen LogP contribution in [0.5, 0.6) is 0 Å². The van der Waals surface area contributed by atoms with E-state index in [2.05, 4.69) is 21.7 Å². The van der Waals surface area contributed by atoms with Gasteiger partial charge in [0, 0.05) is 23.2 Å². The molecule has 0 bridgehead atoms. The number of nitrogens with zero attached hydrogens (tertiary/aromatic N) is 1. The zero-order chi connectivity index (χ0) is 13.9. The molecule has 1 atom stereocenters. The molecule has 0 spiro atoms. The maximum Gasteiger partial charge on any atom is 0.238 e. The molecule has 0 radical (unpaired) electrons. The normalized spacial score (nSPS) is 18.6. The smallest absolute Gasteiger partial charge is 0.238 e. The van der Waals surface area contributed by atoms with Gasteiger partial charge < -0.3 is 5.32 Å². The van der Waals surface area contributed by atoms with Gasteiger partial charge in [0.25, 0.3) is 0 Å². The third-order valence-corrected chi connectivity index (χ3v) is 4.45. The Morgan fingerprint density at radius 3 is 2.75 bits per heavy atom. The van der Waals surface area contributed by atoms with Gasteiger partial charge in [0.2, 0.25) is 5.91 Å². The molecule has 1 aromatic heterocycles. The van der Waals surface area contributed by atoms with Gasteiger partial charge in [0.15, 0.2) is 0 Å². The summed E-state index contributed by atoms with van der Waals surface area (Å²) in [6, 6.07) is 10.3. The number of thiophene rings is 1. The molecular weight excluding hydrogens is 275 g/mol. The van der Waals surface area contributed by atoms with Crippen LogP contribution in [0.1, 0.15) is 17.3 Å². The maximum atomic E-state index is 12.8. The van der Waals surface area contributed by atoms with E-state index in [1.54, 1.807) is 23.5 Å². The summed E-state index contributed by atoms with van der Waals surface area (Å²) >= 11 is 1.73. The Morgan fingerprint density at radius 2 is 2.15 bits per heavy atom. The number of likely N-dealkylation sites (tertiary alicyclic amines) is 1. The average molecular weight is 290 g/mol. The summed E-state index contributed by atoms with van der Waals surface area (Å²) in [5, 5.41) is 4.85. The summed E-state index contributed by atoms with van der Waals surface area (Å²) in [7, 11) is 0. The quantitative estimate of drug-likeness (QED) is 0.937. The van der Waals surface area contributed by atoms with E-state index in [1.165, 1.54) is 17.0 Å². The van der Waals surface area contributed by atoms with Crippen LogP contribution in [0.4, 0.5) is 10.1 Å². The van der Waals surface area contributed by atoms with Crippen molar-refractivity contribution in [3.63, 3.8) is 0 Å². The molecule has 3 rings (SSSR count). The first kappa shape index (κ1) is 13.3. The van der Waals surface area contributed by atoms with E-state index in [1.807, 2.05) is 6.07 Å². The van der Waals surface area contributed by atoms with Crippen molar-refractivity contribution in [3.05, 3.63) is 52.5 Å². The van der Waals surface area contributed by atoms with Crippen molar-refractivity contribution in [1.29, 1.82) is 0 Å². The summed E-state index contributed by atoms with van der Waals surface area (Å²) in [5.41, 5.74) is 0.629. The fraction of sp³-hybridized carbons (Fsp3) is 0.267. The number of benzene rings is 1. The minimum absolute atomic E-state index is 0.0575. The Balaban J connectivity index is 1.55. The van der Waals surface area contributed by atoms with Crippen molar-refractivity contribution in [2.24, 2.45) is 0 Å². The van der Waals surface area contributed by atoms with Crippen molar-refractivity contribution in [3.8, 4) is 0 Å². The van der Waals surface area contributed by atoms with Crippen LogP contribution in [0.15, 0.2) is 41.8 Å². The highest BCUT2D eigenvalue weighted by molar-refractivity contribution is 7.10. The van der Waals surface area contributed by atoms with E-state index < -0.39 is 0 Å². The van der Waals surface area contributed by atoms with Gasteiger partial charge in [-0.2, -0.15) is 0 Å². The van der Waals surface area contributed by atoms with Gasteiger partial charge in [-0.1, -0.05) is 6.07 Å². The van der Waals surface area contributed by atoms with Crippen LogP contribution in [-0.2, 0) is 4.79 Å². The van der Waals surface area contributed by atoms with E-state index in [0.717, 1.165) is 13.0 Å². The van der Waals surface area contributed by atoms with Gasteiger partial charge in [-0.15, -0.1) is 11.3 Å². The van der Waals surface area contributed by atoms with Gasteiger partial charge >= 0.3 is 0 Å². The van der Waals surface area contributed by atoms with Crippen molar-refractivity contribution in [2.45, 2.75) is 12.5 Å². The second-order valence-electron chi connectivity index (χ2n) is 4.85. The molecule has 1 N–H and O–H groups in total. The molecule has 5 heteroatoms. The third-order valence-electron chi connectivity index (χ3n) is 3.48. The Labute approximate surface area is 121 Å². The van der Waals surface area contributed by atoms with E-state index >= 15 is 0 Å². The molecule has 0 saturated carbocycles. The van der Waals surface area contributed by atoms with E-state index in [-0.39, 0.29) is 11.7 Å². The van der Waals surface area contributed by atoms with Crippen molar-refractivity contribution in [2.75, 3.05) is 18.4 Å². The number of carbonyl (C=O) groups excluding carboxylic acids is 1. The molecule has 1 aliphatic heterocycles.